The summed E-state index contributed by atoms with van der Waals surface area (Å²) in [5, 5.41) is 6.57. The number of nitrogens with zero attached hydrogens (tertiary/aromatic N) is 1. The number of thiazole rings is 1. The average molecular weight is 290 g/mol. The second-order valence-electron chi connectivity index (χ2n) is 4.73. The van der Waals surface area contributed by atoms with Gasteiger partial charge in [-0.05, 0) is 44.2 Å². The maximum atomic E-state index is 5.59. The van der Waals surface area contributed by atoms with Gasteiger partial charge in [0.05, 0.1) is 12.3 Å². The lowest BCUT2D eigenvalue weighted by Gasteiger charge is -2.08. The number of ether oxygens (including phenoxy) is 1. The molecule has 108 valence electrons. The highest BCUT2D eigenvalue weighted by molar-refractivity contribution is 7.13. The highest BCUT2D eigenvalue weighted by atomic mass is 32.1. The van der Waals surface area contributed by atoms with Crippen molar-refractivity contribution >= 4 is 11.3 Å². The summed E-state index contributed by atoms with van der Waals surface area (Å²) in [6.07, 6.45) is 1.03. The van der Waals surface area contributed by atoms with Crippen molar-refractivity contribution in [2.75, 3.05) is 13.2 Å². The quantitative estimate of drug-likeness (QED) is 0.827. The Hall–Kier alpha value is -1.39. The molecule has 1 atom stereocenters. The van der Waals surface area contributed by atoms with E-state index in [1.807, 2.05) is 12.1 Å². The minimum Gasteiger partial charge on any atom is -0.494 e. The van der Waals surface area contributed by atoms with Gasteiger partial charge in [-0.3, -0.25) is 0 Å². The van der Waals surface area contributed by atoms with Gasteiger partial charge in [0.2, 0.25) is 0 Å². The molecule has 1 N–H and O–H groups in total. The van der Waals surface area contributed by atoms with E-state index in [1.165, 1.54) is 0 Å². The van der Waals surface area contributed by atoms with E-state index in [-0.39, 0.29) is 0 Å². The second-order valence-corrected chi connectivity index (χ2v) is 5.59. The molecule has 0 saturated heterocycles. The number of rotatable bonds is 7. The summed E-state index contributed by atoms with van der Waals surface area (Å²) in [4.78, 5) is 4.71. The number of hydrogen-bond acceptors (Lipinski definition) is 4. The van der Waals surface area contributed by atoms with Crippen molar-refractivity contribution in [1.82, 2.24) is 10.3 Å². The van der Waals surface area contributed by atoms with Crippen molar-refractivity contribution in [3.05, 3.63) is 35.3 Å². The topological polar surface area (TPSA) is 34.1 Å². The van der Waals surface area contributed by atoms with E-state index in [0.29, 0.717) is 6.04 Å². The molecule has 0 aliphatic heterocycles. The molecule has 2 aromatic rings. The Morgan fingerprint density at radius 2 is 2.00 bits per heavy atom. The van der Waals surface area contributed by atoms with Crippen molar-refractivity contribution < 1.29 is 4.74 Å². The summed E-state index contributed by atoms with van der Waals surface area (Å²) in [5.74, 6) is 0.924. The first-order valence-electron chi connectivity index (χ1n) is 7.16. The van der Waals surface area contributed by atoms with Crippen LogP contribution >= 0.6 is 11.3 Å². The summed E-state index contributed by atoms with van der Waals surface area (Å²) in [5.41, 5.74) is 2.26. The summed E-state index contributed by atoms with van der Waals surface area (Å²) in [7, 11) is 0. The van der Waals surface area contributed by atoms with Crippen LogP contribution in [0.3, 0.4) is 0 Å². The Labute approximate surface area is 125 Å². The van der Waals surface area contributed by atoms with E-state index in [4.69, 9.17) is 9.72 Å². The molecule has 3 nitrogen and oxygen atoms in total. The van der Waals surface area contributed by atoms with Gasteiger partial charge in [-0.2, -0.15) is 0 Å². The van der Waals surface area contributed by atoms with Crippen LogP contribution in [0.4, 0.5) is 0 Å². The van der Waals surface area contributed by atoms with E-state index in [9.17, 15) is 0 Å². The Balaban J connectivity index is 2.07. The van der Waals surface area contributed by atoms with Crippen LogP contribution in [0.25, 0.3) is 10.6 Å². The SMILES string of the molecule is CCCOc1ccc(-c2nc(C(C)NCC)cs2)cc1. The molecule has 2 rings (SSSR count). The fourth-order valence-electron chi connectivity index (χ4n) is 1.94. The van der Waals surface area contributed by atoms with Crippen molar-refractivity contribution in [3.8, 4) is 16.3 Å². The second kappa shape index (κ2) is 7.41. The van der Waals surface area contributed by atoms with Crippen molar-refractivity contribution in [2.24, 2.45) is 0 Å². The monoisotopic (exact) mass is 290 g/mol. The van der Waals surface area contributed by atoms with Crippen molar-refractivity contribution in [1.29, 1.82) is 0 Å². The summed E-state index contributed by atoms with van der Waals surface area (Å²) < 4.78 is 5.59. The van der Waals surface area contributed by atoms with Gasteiger partial charge in [0.25, 0.3) is 0 Å². The zero-order valence-electron chi connectivity index (χ0n) is 12.3. The molecule has 1 unspecified atom stereocenters. The van der Waals surface area contributed by atoms with Crippen molar-refractivity contribution in [2.45, 2.75) is 33.2 Å². The first-order chi connectivity index (χ1) is 9.74. The van der Waals surface area contributed by atoms with Gasteiger partial charge in [-0.25, -0.2) is 4.98 Å². The fraction of sp³-hybridized carbons (Fsp3) is 0.438. The highest BCUT2D eigenvalue weighted by Gasteiger charge is 2.10. The lowest BCUT2D eigenvalue weighted by Crippen LogP contribution is -2.17. The minimum absolute atomic E-state index is 0.303. The normalized spacial score (nSPS) is 12.3. The van der Waals surface area contributed by atoms with E-state index in [1.54, 1.807) is 11.3 Å². The molecule has 0 fully saturated rings. The zero-order chi connectivity index (χ0) is 14.4. The van der Waals surface area contributed by atoms with Gasteiger partial charge in [0.1, 0.15) is 10.8 Å². The van der Waals surface area contributed by atoms with Gasteiger partial charge < -0.3 is 10.1 Å². The van der Waals surface area contributed by atoms with E-state index in [0.717, 1.165) is 41.6 Å². The van der Waals surface area contributed by atoms with Gasteiger partial charge >= 0.3 is 0 Å². The van der Waals surface area contributed by atoms with Gasteiger partial charge in [0, 0.05) is 17.0 Å². The molecule has 20 heavy (non-hydrogen) atoms. The van der Waals surface area contributed by atoms with E-state index >= 15 is 0 Å². The fourth-order valence-corrected chi connectivity index (χ4v) is 2.86. The zero-order valence-corrected chi connectivity index (χ0v) is 13.2. The van der Waals surface area contributed by atoms with E-state index < -0.39 is 0 Å². The Morgan fingerprint density at radius 1 is 1.25 bits per heavy atom. The first kappa shape index (κ1) is 15.0. The molecule has 4 heteroatoms. The lowest BCUT2D eigenvalue weighted by atomic mass is 10.2. The predicted molar refractivity (Wildman–Crippen MR) is 85.4 cm³/mol. The number of nitrogens with one attached hydrogen (secondary N) is 1. The van der Waals surface area contributed by atoms with Crippen LogP contribution in [0, 0.1) is 0 Å². The third-order valence-corrected chi connectivity index (χ3v) is 3.96. The van der Waals surface area contributed by atoms with Gasteiger partial charge in [-0.1, -0.05) is 13.8 Å². The molecule has 0 saturated carbocycles. The highest BCUT2D eigenvalue weighted by Crippen LogP contribution is 2.27. The maximum absolute atomic E-state index is 5.59. The van der Waals surface area contributed by atoms with Gasteiger partial charge in [0.15, 0.2) is 0 Å². The summed E-state index contributed by atoms with van der Waals surface area (Å²) in [6.45, 7) is 8.08. The third-order valence-electron chi connectivity index (χ3n) is 3.05. The molecule has 1 heterocycles. The summed E-state index contributed by atoms with van der Waals surface area (Å²) in [6, 6.07) is 8.48. The molecule has 1 aromatic heterocycles. The maximum Gasteiger partial charge on any atom is 0.123 e. The lowest BCUT2D eigenvalue weighted by molar-refractivity contribution is 0.317. The Kier molecular flexibility index (Phi) is 5.56. The first-order valence-corrected chi connectivity index (χ1v) is 8.04. The van der Waals surface area contributed by atoms with Crippen molar-refractivity contribution in [3.63, 3.8) is 0 Å². The van der Waals surface area contributed by atoms with Crippen LogP contribution in [0.15, 0.2) is 29.6 Å². The van der Waals surface area contributed by atoms with Crippen LogP contribution in [-0.2, 0) is 0 Å². The molecule has 0 bridgehead atoms. The number of benzene rings is 1. The number of hydrogen-bond donors (Lipinski definition) is 1. The van der Waals surface area contributed by atoms with E-state index in [2.05, 4.69) is 43.6 Å². The molecular formula is C16H22N2OS. The predicted octanol–water partition coefficient (Wildman–Crippen LogP) is 4.27. The van der Waals surface area contributed by atoms with Crippen LogP contribution in [-0.4, -0.2) is 18.1 Å². The average Bonchev–Trinajstić information content (AvgIpc) is 2.96. The van der Waals surface area contributed by atoms with Gasteiger partial charge in [-0.15, -0.1) is 11.3 Å². The Bertz CT molecular complexity index is 522. The Morgan fingerprint density at radius 3 is 2.65 bits per heavy atom. The van der Waals surface area contributed by atoms with Crippen LogP contribution < -0.4 is 10.1 Å². The third kappa shape index (κ3) is 3.81. The molecule has 0 spiro atoms. The van der Waals surface area contributed by atoms with Crippen LogP contribution in [0.2, 0.25) is 0 Å². The molecule has 0 aliphatic rings. The molecule has 1 aromatic carbocycles. The minimum atomic E-state index is 0.303. The molecule has 0 amide bonds. The summed E-state index contributed by atoms with van der Waals surface area (Å²) >= 11 is 1.69. The largest absolute Gasteiger partial charge is 0.494 e. The smallest absolute Gasteiger partial charge is 0.123 e. The van der Waals surface area contributed by atoms with Crippen LogP contribution in [0.5, 0.6) is 5.75 Å². The standard InChI is InChI=1S/C16H22N2OS/c1-4-10-19-14-8-6-13(7-9-14)16-18-15(11-20-16)12(3)17-5-2/h6-9,11-12,17H,4-5,10H2,1-3H3. The molecular weight excluding hydrogens is 268 g/mol. The molecule has 0 radical (unpaired) electrons. The van der Waals surface area contributed by atoms with Crippen LogP contribution in [0.1, 0.15) is 38.9 Å². The number of aromatic nitrogens is 1. The molecule has 0 aliphatic carbocycles.